The molecule has 0 radical (unpaired) electrons. The number of aromatic amines is 1. The first-order chi connectivity index (χ1) is 15.3. The number of hydrogen-bond donors (Lipinski definition) is 1. The lowest BCUT2D eigenvalue weighted by molar-refractivity contribution is -0.142. The lowest BCUT2D eigenvalue weighted by Crippen LogP contribution is -2.48. The van der Waals surface area contributed by atoms with Gasteiger partial charge in [-0.2, -0.15) is 4.98 Å². The Hall–Kier alpha value is -3.40. The summed E-state index contributed by atoms with van der Waals surface area (Å²) >= 11 is 0. The number of nitrogens with one attached hydrogen (secondary N) is 1. The van der Waals surface area contributed by atoms with E-state index < -0.39 is 11.2 Å². The summed E-state index contributed by atoms with van der Waals surface area (Å²) in [5.74, 6) is 0.382. The lowest BCUT2D eigenvalue weighted by atomic mass is 10.1. The third kappa shape index (κ3) is 4.05. The van der Waals surface area contributed by atoms with E-state index in [2.05, 4.69) is 28.1 Å². The van der Waals surface area contributed by atoms with Crippen LogP contribution in [0.4, 0.5) is 5.95 Å². The Morgan fingerprint density at radius 2 is 1.88 bits per heavy atom. The van der Waals surface area contributed by atoms with Gasteiger partial charge in [0.2, 0.25) is 5.95 Å². The third-order valence-electron chi connectivity index (χ3n) is 6.06. The minimum Gasteiger partial charge on any atom is -0.468 e. The van der Waals surface area contributed by atoms with Crippen molar-refractivity contribution >= 4 is 23.1 Å². The molecule has 4 rings (SSSR count). The fourth-order valence-electron chi connectivity index (χ4n) is 4.11. The van der Waals surface area contributed by atoms with Crippen molar-refractivity contribution in [3.05, 3.63) is 55.7 Å². The molecule has 1 fully saturated rings. The summed E-state index contributed by atoms with van der Waals surface area (Å²) in [6, 6.07) is 6.23. The number of fused-ring (bicyclic) bond motifs is 1. The molecule has 0 saturated carbocycles. The molecule has 32 heavy (non-hydrogen) atoms. The third-order valence-corrected chi connectivity index (χ3v) is 6.06. The summed E-state index contributed by atoms with van der Waals surface area (Å²) in [7, 11) is 2.99. The number of aryl methyl sites for hydroxylation is 3. The van der Waals surface area contributed by atoms with E-state index in [-0.39, 0.29) is 12.5 Å². The van der Waals surface area contributed by atoms with Crippen LogP contribution in [0.15, 0.2) is 27.8 Å². The predicted octanol–water partition coefficient (Wildman–Crippen LogP) is 0.383. The molecule has 1 N–H and O–H groups in total. The van der Waals surface area contributed by atoms with E-state index >= 15 is 0 Å². The van der Waals surface area contributed by atoms with Gasteiger partial charge in [0.05, 0.1) is 20.2 Å². The largest absolute Gasteiger partial charge is 0.468 e. The van der Waals surface area contributed by atoms with Crippen LogP contribution in [0.25, 0.3) is 11.2 Å². The van der Waals surface area contributed by atoms with E-state index in [4.69, 9.17) is 9.72 Å². The second-order valence-electron chi connectivity index (χ2n) is 8.26. The number of imidazole rings is 1. The molecule has 0 unspecified atom stereocenters. The van der Waals surface area contributed by atoms with Crippen molar-refractivity contribution in [3.63, 3.8) is 0 Å². The molecule has 10 nitrogen and oxygen atoms in total. The summed E-state index contributed by atoms with van der Waals surface area (Å²) < 4.78 is 8.03. The first kappa shape index (κ1) is 21.8. The Bertz CT molecular complexity index is 1280. The van der Waals surface area contributed by atoms with Gasteiger partial charge >= 0.3 is 11.7 Å². The van der Waals surface area contributed by atoms with Crippen LogP contribution in [-0.2, 0) is 23.1 Å². The summed E-state index contributed by atoms with van der Waals surface area (Å²) in [4.78, 5) is 47.9. The van der Waals surface area contributed by atoms with E-state index in [1.54, 1.807) is 7.05 Å². The second kappa shape index (κ2) is 8.62. The van der Waals surface area contributed by atoms with Gasteiger partial charge in [0.15, 0.2) is 11.2 Å². The van der Waals surface area contributed by atoms with Gasteiger partial charge in [-0.25, -0.2) is 4.79 Å². The number of esters is 1. The molecule has 3 aromatic rings. The number of carbonyl (C=O) groups is 1. The van der Waals surface area contributed by atoms with E-state index in [0.717, 1.165) is 16.7 Å². The van der Waals surface area contributed by atoms with Gasteiger partial charge in [-0.05, 0) is 25.0 Å². The highest BCUT2D eigenvalue weighted by Crippen LogP contribution is 2.24. The summed E-state index contributed by atoms with van der Waals surface area (Å²) in [5.41, 5.74) is 3.13. The molecule has 0 amide bonds. The first-order valence-electron chi connectivity index (χ1n) is 10.6. The molecular formula is C22H28N6O4. The van der Waals surface area contributed by atoms with Crippen molar-refractivity contribution in [2.75, 3.05) is 44.7 Å². The molecule has 1 aliphatic rings. The van der Waals surface area contributed by atoms with E-state index in [1.807, 2.05) is 23.3 Å². The maximum Gasteiger partial charge on any atom is 0.329 e. The van der Waals surface area contributed by atoms with Crippen LogP contribution in [-0.4, -0.2) is 69.8 Å². The van der Waals surface area contributed by atoms with Crippen LogP contribution in [0, 0.1) is 13.8 Å². The number of rotatable bonds is 5. The number of piperazine rings is 1. The fraction of sp³-hybridized carbons (Fsp3) is 0.455. The van der Waals surface area contributed by atoms with Crippen molar-refractivity contribution < 1.29 is 9.53 Å². The van der Waals surface area contributed by atoms with Crippen LogP contribution < -0.4 is 16.1 Å². The van der Waals surface area contributed by atoms with Gasteiger partial charge in [0, 0.05) is 33.2 Å². The molecule has 10 heteroatoms. The number of benzene rings is 1. The van der Waals surface area contributed by atoms with E-state index in [9.17, 15) is 14.4 Å². The van der Waals surface area contributed by atoms with Crippen molar-refractivity contribution in [1.82, 2.24) is 24.0 Å². The van der Waals surface area contributed by atoms with Gasteiger partial charge in [0.25, 0.3) is 5.56 Å². The molecule has 0 aliphatic carbocycles. The smallest absolute Gasteiger partial charge is 0.329 e. The lowest BCUT2D eigenvalue weighted by Gasteiger charge is -2.34. The number of H-pyrrole nitrogens is 1. The SMILES string of the molecule is COC(=O)CN1CCN(c2nc3c(c(=O)[nH]c(=O)n3C)n2Cc2cc(C)ccc2C)CC1. The molecule has 0 spiro atoms. The van der Waals surface area contributed by atoms with Gasteiger partial charge < -0.3 is 9.64 Å². The Morgan fingerprint density at radius 3 is 2.56 bits per heavy atom. The van der Waals surface area contributed by atoms with Crippen LogP contribution in [0.3, 0.4) is 0 Å². The topological polar surface area (TPSA) is 105 Å². The van der Waals surface area contributed by atoms with E-state index in [0.29, 0.717) is 49.8 Å². The van der Waals surface area contributed by atoms with Crippen LogP contribution in [0.2, 0.25) is 0 Å². The molecule has 3 heterocycles. The number of methoxy groups -OCH3 is 1. The molecule has 1 aliphatic heterocycles. The number of nitrogens with zero attached hydrogens (tertiary/aromatic N) is 5. The zero-order valence-corrected chi connectivity index (χ0v) is 18.8. The quantitative estimate of drug-likeness (QED) is 0.572. The Kier molecular flexibility index (Phi) is 5.88. The fourth-order valence-corrected chi connectivity index (χ4v) is 4.11. The zero-order valence-electron chi connectivity index (χ0n) is 18.8. The number of ether oxygens (including phenoxy) is 1. The minimum atomic E-state index is -0.492. The zero-order chi connectivity index (χ0) is 23.0. The average molecular weight is 441 g/mol. The summed E-state index contributed by atoms with van der Waals surface area (Å²) in [6.07, 6.45) is 0. The molecule has 170 valence electrons. The maximum atomic E-state index is 12.8. The van der Waals surface area contributed by atoms with E-state index in [1.165, 1.54) is 11.7 Å². The van der Waals surface area contributed by atoms with Crippen LogP contribution >= 0.6 is 0 Å². The number of hydrogen-bond acceptors (Lipinski definition) is 7. The number of carbonyl (C=O) groups excluding carboxylic acids is 1. The highest BCUT2D eigenvalue weighted by Gasteiger charge is 2.26. The molecule has 1 aromatic carbocycles. The van der Waals surface area contributed by atoms with Crippen molar-refractivity contribution in [2.24, 2.45) is 7.05 Å². The normalized spacial score (nSPS) is 14.8. The summed E-state index contributed by atoms with van der Waals surface area (Å²) in [5, 5.41) is 0. The monoisotopic (exact) mass is 440 g/mol. The number of anilines is 1. The molecule has 0 bridgehead atoms. The molecule has 0 atom stereocenters. The Balaban J connectivity index is 1.76. The van der Waals surface area contributed by atoms with Gasteiger partial charge in [-0.1, -0.05) is 23.8 Å². The standard InChI is InChI=1S/C22H28N6O4/c1-14-5-6-15(2)16(11-14)12-28-18-19(25(3)22(31)24-20(18)30)23-21(28)27-9-7-26(8-10-27)13-17(29)32-4/h5-6,11H,7-10,12-13H2,1-4H3,(H,24,30,31). The average Bonchev–Trinajstić information content (AvgIpc) is 3.15. The van der Waals surface area contributed by atoms with Gasteiger partial charge in [0.1, 0.15) is 0 Å². The Labute approximate surface area is 185 Å². The minimum absolute atomic E-state index is 0.247. The van der Waals surface area contributed by atoms with Crippen LogP contribution in [0.5, 0.6) is 0 Å². The van der Waals surface area contributed by atoms with Gasteiger partial charge in [-0.15, -0.1) is 0 Å². The van der Waals surface area contributed by atoms with Gasteiger partial charge in [-0.3, -0.25) is 28.6 Å². The van der Waals surface area contributed by atoms with Crippen LogP contribution in [0.1, 0.15) is 16.7 Å². The Morgan fingerprint density at radius 1 is 1.16 bits per heavy atom. The molecule has 1 saturated heterocycles. The predicted molar refractivity (Wildman–Crippen MR) is 121 cm³/mol. The summed E-state index contributed by atoms with van der Waals surface area (Å²) in [6.45, 7) is 7.39. The second-order valence-corrected chi connectivity index (χ2v) is 8.26. The van der Waals surface area contributed by atoms with Crippen molar-refractivity contribution in [3.8, 4) is 0 Å². The highest BCUT2D eigenvalue weighted by atomic mass is 16.5. The highest BCUT2D eigenvalue weighted by molar-refractivity contribution is 5.75. The molecular weight excluding hydrogens is 412 g/mol. The molecule has 2 aromatic heterocycles. The first-order valence-corrected chi connectivity index (χ1v) is 10.6. The van der Waals surface area contributed by atoms with Crippen molar-refractivity contribution in [2.45, 2.75) is 20.4 Å². The maximum absolute atomic E-state index is 12.8. The number of aromatic nitrogens is 4. The van der Waals surface area contributed by atoms with Crippen molar-refractivity contribution in [1.29, 1.82) is 0 Å².